The van der Waals surface area contributed by atoms with Gasteiger partial charge in [0.25, 0.3) is 0 Å². The van der Waals surface area contributed by atoms with Crippen LogP contribution in [0.25, 0.3) is 0 Å². The van der Waals surface area contributed by atoms with Crippen LogP contribution in [0, 0.1) is 18.4 Å². The zero-order chi connectivity index (χ0) is 42.6. The zero-order valence-electron chi connectivity index (χ0n) is 37.3. The van der Waals surface area contributed by atoms with E-state index in [0.717, 1.165) is 42.0 Å². The molecule has 0 saturated heterocycles. The second kappa shape index (κ2) is 23.5. The SMILES string of the molecule is Cc1ccc2c(c1)C(C)(C)C(=CC=C1CCCC(C=CC3=[N+](CCCCS(=O)(=O)[O-])c4cc[c-]cc4C3(C)C)=C1C(C)(C)C)N2CCCCS(=O)(=O)[O-].O=S(=O)=O.[Na+].[Na+].[Na+]. The van der Waals surface area contributed by atoms with E-state index in [1.165, 1.54) is 33.4 Å². The molecular weight excluding hydrogens is 854 g/mol. The first-order valence-electron chi connectivity index (χ1n) is 19.4. The Morgan fingerprint density at radius 2 is 1.43 bits per heavy atom. The van der Waals surface area contributed by atoms with Crippen LogP contribution >= 0.6 is 0 Å². The number of benzene rings is 2. The predicted octanol–water partition coefficient (Wildman–Crippen LogP) is -1.48. The van der Waals surface area contributed by atoms with Crippen LogP contribution in [0.5, 0.6) is 0 Å². The molecule has 11 nitrogen and oxygen atoms in total. The second-order valence-electron chi connectivity index (χ2n) is 17.1. The third kappa shape index (κ3) is 15.2. The third-order valence-corrected chi connectivity index (χ3v) is 12.6. The number of aryl methyl sites for hydroxylation is 1. The maximum atomic E-state index is 11.3. The van der Waals surface area contributed by atoms with Crippen LogP contribution in [0.15, 0.2) is 83.1 Å². The average molecular weight is 910 g/mol. The maximum absolute atomic E-state index is 11.3. The van der Waals surface area contributed by atoms with E-state index in [9.17, 15) is 25.9 Å². The Morgan fingerprint density at radius 3 is 2.02 bits per heavy atom. The molecule has 17 heteroatoms. The summed E-state index contributed by atoms with van der Waals surface area (Å²) in [6, 6.07) is 15.8. The number of rotatable bonds is 13. The minimum atomic E-state index is -4.26. The van der Waals surface area contributed by atoms with Gasteiger partial charge in [0.2, 0.25) is 0 Å². The number of hydrogen-bond acceptors (Lipinski definition) is 10. The molecule has 312 valence electrons. The Bertz CT molecular complexity index is 2360. The number of hydrogen-bond donors (Lipinski definition) is 0. The van der Waals surface area contributed by atoms with Gasteiger partial charge in [-0.25, -0.2) is 21.4 Å². The first kappa shape index (κ1) is 57.3. The quantitative estimate of drug-likeness (QED) is 0.0760. The van der Waals surface area contributed by atoms with E-state index in [0.29, 0.717) is 38.8 Å². The fraction of sp³-hybridized carbons (Fsp3) is 0.512. The number of fused-ring (bicyclic) bond motifs is 2. The third-order valence-electron chi connectivity index (χ3n) is 11.0. The summed E-state index contributed by atoms with van der Waals surface area (Å²) in [7, 11) is -11.6. The summed E-state index contributed by atoms with van der Waals surface area (Å²) in [6.07, 6.45) is 13.8. The van der Waals surface area contributed by atoms with E-state index in [1.54, 1.807) is 0 Å². The van der Waals surface area contributed by atoms with E-state index in [-0.39, 0.29) is 116 Å². The topological polar surface area (TPSA) is 172 Å². The van der Waals surface area contributed by atoms with Crippen molar-refractivity contribution in [3.63, 3.8) is 0 Å². The molecule has 0 aromatic heterocycles. The molecule has 5 rings (SSSR count). The van der Waals surface area contributed by atoms with Crippen molar-refractivity contribution in [2.75, 3.05) is 29.5 Å². The number of allylic oxidation sites excluding steroid dienone is 8. The van der Waals surface area contributed by atoms with Gasteiger partial charge in [0, 0.05) is 52.8 Å². The molecule has 60 heavy (non-hydrogen) atoms. The molecular formula is C43H56N2Na3O9S3+. The second-order valence-corrected chi connectivity index (χ2v) is 20.6. The molecule has 2 aromatic rings. The molecule has 0 radical (unpaired) electrons. The molecule has 2 aliphatic heterocycles. The minimum absolute atomic E-state index is 0. The summed E-state index contributed by atoms with van der Waals surface area (Å²) in [5, 5.41) is 0. The van der Waals surface area contributed by atoms with Gasteiger partial charge in [0.15, 0.2) is 5.71 Å². The summed E-state index contributed by atoms with van der Waals surface area (Å²) < 4.78 is 95.4. The van der Waals surface area contributed by atoms with Gasteiger partial charge < -0.3 is 14.0 Å². The largest absolute Gasteiger partial charge is 1.00 e. The molecule has 0 saturated carbocycles. The van der Waals surface area contributed by atoms with Gasteiger partial charge in [-0.1, -0.05) is 83.9 Å². The molecule has 0 unspecified atom stereocenters. The van der Waals surface area contributed by atoms with Crippen LogP contribution < -0.4 is 93.6 Å². The first-order chi connectivity index (χ1) is 26.3. The molecule has 0 bridgehead atoms. The van der Waals surface area contributed by atoms with E-state index in [2.05, 4.69) is 120 Å². The van der Waals surface area contributed by atoms with Crippen molar-refractivity contribution in [3.8, 4) is 0 Å². The van der Waals surface area contributed by atoms with Crippen molar-refractivity contribution < 1.29 is 132 Å². The Labute approximate surface area is 426 Å². The molecule has 3 aliphatic rings. The van der Waals surface area contributed by atoms with Crippen molar-refractivity contribution in [1.29, 1.82) is 0 Å². The van der Waals surface area contributed by atoms with Crippen LogP contribution in [0.3, 0.4) is 0 Å². The molecule has 0 atom stereocenters. The van der Waals surface area contributed by atoms with Crippen molar-refractivity contribution in [2.45, 2.75) is 111 Å². The summed E-state index contributed by atoms with van der Waals surface area (Å²) in [4.78, 5) is 2.31. The van der Waals surface area contributed by atoms with Gasteiger partial charge >= 0.3 is 99.3 Å². The van der Waals surface area contributed by atoms with Gasteiger partial charge in [-0.05, 0) is 85.3 Å². The van der Waals surface area contributed by atoms with Gasteiger partial charge in [-0.15, -0.1) is 18.7 Å². The van der Waals surface area contributed by atoms with E-state index in [4.69, 9.17) is 12.6 Å². The molecule has 1 aliphatic carbocycles. The molecule has 2 aromatic carbocycles. The van der Waals surface area contributed by atoms with Crippen molar-refractivity contribution in [3.05, 3.63) is 106 Å². The van der Waals surface area contributed by atoms with E-state index < -0.39 is 30.8 Å². The minimum Gasteiger partial charge on any atom is -0.748 e. The number of nitrogens with zero attached hydrogens (tertiary/aromatic N) is 2. The van der Waals surface area contributed by atoms with Crippen LogP contribution in [0.2, 0.25) is 0 Å². The monoisotopic (exact) mass is 909 g/mol. The van der Waals surface area contributed by atoms with Crippen molar-refractivity contribution in [2.24, 2.45) is 5.41 Å². The smallest absolute Gasteiger partial charge is 0.748 e. The van der Waals surface area contributed by atoms with Gasteiger partial charge in [0.05, 0.1) is 20.2 Å². The first-order valence-corrected chi connectivity index (χ1v) is 23.5. The summed E-state index contributed by atoms with van der Waals surface area (Å²) >= 11 is 0. The van der Waals surface area contributed by atoms with Crippen molar-refractivity contribution >= 4 is 47.9 Å². The predicted molar refractivity (Wildman–Crippen MR) is 223 cm³/mol. The van der Waals surface area contributed by atoms with Gasteiger partial charge in [-0.2, -0.15) is 18.2 Å². The zero-order valence-corrected chi connectivity index (χ0v) is 45.8. The summed E-state index contributed by atoms with van der Waals surface area (Å²) in [6.45, 7) is 19.1. The average Bonchev–Trinajstić information content (AvgIpc) is 3.42. The van der Waals surface area contributed by atoms with Crippen LogP contribution in [0.1, 0.15) is 110 Å². The molecule has 0 N–H and O–H groups in total. The Kier molecular flexibility index (Phi) is 22.4. The summed E-state index contributed by atoms with van der Waals surface area (Å²) in [5.74, 6) is -0.709. The molecule has 0 spiro atoms. The Hall–Kier alpha value is -0.690. The Balaban J connectivity index is 0.00000246. The van der Waals surface area contributed by atoms with E-state index in [1.807, 2.05) is 12.1 Å². The van der Waals surface area contributed by atoms with Gasteiger partial charge in [-0.3, -0.25) is 0 Å². The number of unbranched alkanes of at least 4 members (excludes halogenated alkanes) is 2. The van der Waals surface area contributed by atoms with E-state index >= 15 is 0 Å². The van der Waals surface area contributed by atoms with Crippen LogP contribution in [-0.4, -0.2) is 73.5 Å². The summed E-state index contributed by atoms with van der Waals surface area (Å²) in [5.41, 5.74) is 11.4. The van der Waals surface area contributed by atoms with Crippen LogP contribution in [-0.2, 0) is 41.7 Å². The standard InChI is InChI=1S/C43H58N2O6S2.3Na.O3S/c1-31-20-23-37-35(30-31)43(7,8)39(45(37)27-12-14-29-53(49,50)51)25-22-33-17-15-16-32(40(33)41(2,3)4)21-24-38-42(5,6)34-18-9-10-19-36(34)44(38)26-11-13-28-52(46,47)48;;;;1-4(2)3/h10,18-25,30H,11-17,26-29H2,1-8H3,(H,46,47,48)(H,49,50,51);;;;/q;3*+1;/p-2. The molecule has 0 amide bonds. The fourth-order valence-corrected chi connectivity index (χ4v) is 9.63. The Morgan fingerprint density at radius 1 is 0.833 bits per heavy atom. The fourth-order valence-electron chi connectivity index (χ4n) is 8.51. The van der Waals surface area contributed by atoms with Crippen molar-refractivity contribution in [1.82, 2.24) is 0 Å². The van der Waals surface area contributed by atoms with Crippen LogP contribution in [0.4, 0.5) is 11.4 Å². The maximum Gasteiger partial charge on any atom is 1.00 e. The number of anilines is 1. The van der Waals surface area contributed by atoms with Gasteiger partial charge in [0.1, 0.15) is 12.2 Å². The molecule has 0 fully saturated rings. The molecule has 2 heterocycles. The normalized spacial score (nSPS) is 18.3.